The molecular formula is C14H22ClN. The lowest BCUT2D eigenvalue weighted by Crippen LogP contribution is -2.36. The molecule has 90 valence electrons. The molecule has 16 heavy (non-hydrogen) atoms. The first kappa shape index (κ1) is 13.5. The van der Waals surface area contributed by atoms with Gasteiger partial charge in [0.05, 0.1) is 0 Å². The third-order valence-corrected chi connectivity index (χ3v) is 3.17. The molecule has 1 atom stereocenters. The average molecular weight is 240 g/mol. The summed E-state index contributed by atoms with van der Waals surface area (Å²) < 4.78 is 0. The molecule has 2 heteroatoms. The summed E-state index contributed by atoms with van der Waals surface area (Å²) in [5.74, 6) is 0. The molecule has 1 rings (SSSR count). The number of halogens is 1. The van der Waals surface area contributed by atoms with E-state index in [1.54, 1.807) is 0 Å². The van der Waals surface area contributed by atoms with Gasteiger partial charge in [-0.05, 0) is 43.9 Å². The Labute approximate surface area is 104 Å². The molecular weight excluding hydrogens is 218 g/mol. The Morgan fingerprint density at radius 3 is 2.50 bits per heavy atom. The Morgan fingerprint density at radius 1 is 1.25 bits per heavy atom. The first-order valence-electron chi connectivity index (χ1n) is 6.16. The predicted molar refractivity (Wildman–Crippen MR) is 72.1 cm³/mol. The molecule has 1 unspecified atom stereocenters. The van der Waals surface area contributed by atoms with E-state index >= 15 is 0 Å². The highest BCUT2D eigenvalue weighted by molar-refractivity contribution is 6.30. The lowest BCUT2D eigenvalue weighted by Gasteiger charge is -2.21. The predicted octanol–water partition coefficient (Wildman–Crippen LogP) is 4.05. The Bertz CT molecular complexity index is 307. The standard InChI is InChI=1S/C14H22ClN/c1-4-14(5-2)16-11(3)9-12-7-6-8-13(15)10-12/h6-8,10-11,14,16H,4-5,9H2,1-3H3. The van der Waals surface area contributed by atoms with Crippen LogP contribution in [0.4, 0.5) is 0 Å². The van der Waals surface area contributed by atoms with Gasteiger partial charge in [-0.25, -0.2) is 0 Å². The van der Waals surface area contributed by atoms with Gasteiger partial charge in [-0.2, -0.15) is 0 Å². The van der Waals surface area contributed by atoms with Gasteiger partial charge in [0, 0.05) is 17.1 Å². The summed E-state index contributed by atoms with van der Waals surface area (Å²) in [5, 5.41) is 4.47. The number of hydrogen-bond acceptors (Lipinski definition) is 1. The largest absolute Gasteiger partial charge is 0.311 e. The normalized spacial score (nSPS) is 13.1. The molecule has 0 amide bonds. The van der Waals surface area contributed by atoms with Crippen LogP contribution in [0, 0.1) is 0 Å². The van der Waals surface area contributed by atoms with Crippen LogP contribution in [-0.4, -0.2) is 12.1 Å². The number of rotatable bonds is 6. The van der Waals surface area contributed by atoms with Gasteiger partial charge >= 0.3 is 0 Å². The quantitative estimate of drug-likeness (QED) is 0.790. The highest BCUT2D eigenvalue weighted by Gasteiger charge is 2.08. The smallest absolute Gasteiger partial charge is 0.0408 e. The summed E-state index contributed by atoms with van der Waals surface area (Å²) in [5.41, 5.74) is 1.30. The van der Waals surface area contributed by atoms with Crippen LogP contribution in [0.25, 0.3) is 0 Å². The molecule has 0 radical (unpaired) electrons. The zero-order chi connectivity index (χ0) is 12.0. The van der Waals surface area contributed by atoms with Gasteiger partial charge < -0.3 is 5.32 Å². The molecule has 0 saturated heterocycles. The monoisotopic (exact) mass is 239 g/mol. The van der Waals surface area contributed by atoms with E-state index in [-0.39, 0.29) is 0 Å². The van der Waals surface area contributed by atoms with Crippen molar-refractivity contribution in [2.45, 2.75) is 52.1 Å². The molecule has 0 spiro atoms. The second-order valence-corrected chi connectivity index (χ2v) is 4.85. The van der Waals surface area contributed by atoms with E-state index in [0.29, 0.717) is 12.1 Å². The average Bonchev–Trinajstić information content (AvgIpc) is 2.26. The van der Waals surface area contributed by atoms with Crippen molar-refractivity contribution in [1.82, 2.24) is 5.32 Å². The molecule has 1 nitrogen and oxygen atoms in total. The van der Waals surface area contributed by atoms with Crippen LogP contribution in [-0.2, 0) is 6.42 Å². The van der Waals surface area contributed by atoms with Crippen LogP contribution in [0.1, 0.15) is 39.2 Å². The SMILES string of the molecule is CCC(CC)NC(C)Cc1cccc(Cl)c1. The zero-order valence-electron chi connectivity index (χ0n) is 10.5. The lowest BCUT2D eigenvalue weighted by atomic mass is 10.1. The van der Waals surface area contributed by atoms with E-state index < -0.39 is 0 Å². The van der Waals surface area contributed by atoms with Crippen LogP contribution in [0.3, 0.4) is 0 Å². The first-order chi connectivity index (χ1) is 7.65. The molecule has 0 aliphatic heterocycles. The minimum atomic E-state index is 0.503. The van der Waals surface area contributed by atoms with Gasteiger partial charge in [-0.3, -0.25) is 0 Å². The van der Waals surface area contributed by atoms with E-state index in [2.05, 4.69) is 32.2 Å². The molecule has 1 aromatic carbocycles. The van der Waals surface area contributed by atoms with E-state index in [4.69, 9.17) is 11.6 Å². The van der Waals surface area contributed by atoms with Crippen LogP contribution >= 0.6 is 11.6 Å². The molecule has 0 aliphatic carbocycles. The maximum atomic E-state index is 5.97. The van der Waals surface area contributed by atoms with E-state index in [1.165, 1.54) is 18.4 Å². The maximum Gasteiger partial charge on any atom is 0.0408 e. The molecule has 1 aromatic rings. The van der Waals surface area contributed by atoms with Gasteiger partial charge in [0.2, 0.25) is 0 Å². The fourth-order valence-electron chi connectivity index (χ4n) is 2.00. The van der Waals surface area contributed by atoms with E-state index in [1.807, 2.05) is 18.2 Å². The summed E-state index contributed by atoms with van der Waals surface area (Å²) in [4.78, 5) is 0. The summed E-state index contributed by atoms with van der Waals surface area (Å²) in [6.07, 6.45) is 3.42. The fourth-order valence-corrected chi connectivity index (χ4v) is 2.22. The van der Waals surface area contributed by atoms with Crippen molar-refractivity contribution in [2.24, 2.45) is 0 Å². The summed E-state index contributed by atoms with van der Waals surface area (Å²) in [6, 6.07) is 9.26. The van der Waals surface area contributed by atoms with Crippen LogP contribution < -0.4 is 5.32 Å². The molecule has 1 N–H and O–H groups in total. The Kier molecular flexibility index (Phi) is 5.86. The van der Waals surface area contributed by atoms with Gasteiger partial charge in [0.1, 0.15) is 0 Å². The third-order valence-electron chi connectivity index (χ3n) is 2.94. The first-order valence-corrected chi connectivity index (χ1v) is 6.54. The molecule has 0 aliphatic rings. The van der Waals surface area contributed by atoms with Crippen molar-refractivity contribution < 1.29 is 0 Å². The van der Waals surface area contributed by atoms with Crippen molar-refractivity contribution in [3.63, 3.8) is 0 Å². The molecule has 0 fully saturated rings. The molecule has 0 saturated carbocycles. The summed E-state index contributed by atoms with van der Waals surface area (Å²) in [6.45, 7) is 6.69. The van der Waals surface area contributed by atoms with Crippen LogP contribution in [0.15, 0.2) is 24.3 Å². The second-order valence-electron chi connectivity index (χ2n) is 4.42. The van der Waals surface area contributed by atoms with Crippen molar-refractivity contribution in [1.29, 1.82) is 0 Å². The van der Waals surface area contributed by atoms with Crippen molar-refractivity contribution in [3.05, 3.63) is 34.9 Å². The van der Waals surface area contributed by atoms with Crippen molar-refractivity contribution in [2.75, 3.05) is 0 Å². The molecule has 0 bridgehead atoms. The topological polar surface area (TPSA) is 12.0 Å². The minimum absolute atomic E-state index is 0.503. The Balaban J connectivity index is 2.47. The van der Waals surface area contributed by atoms with Crippen LogP contribution in [0.5, 0.6) is 0 Å². The zero-order valence-corrected chi connectivity index (χ0v) is 11.2. The van der Waals surface area contributed by atoms with E-state index in [0.717, 1.165) is 11.4 Å². The number of benzene rings is 1. The van der Waals surface area contributed by atoms with Gasteiger partial charge in [-0.15, -0.1) is 0 Å². The van der Waals surface area contributed by atoms with Crippen molar-refractivity contribution >= 4 is 11.6 Å². The third kappa shape index (κ3) is 4.54. The fraction of sp³-hybridized carbons (Fsp3) is 0.571. The lowest BCUT2D eigenvalue weighted by molar-refractivity contribution is 0.422. The highest BCUT2D eigenvalue weighted by Crippen LogP contribution is 2.12. The van der Waals surface area contributed by atoms with Gasteiger partial charge in [0.15, 0.2) is 0 Å². The van der Waals surface area contributed by atoms with E-state index in [9.17, 15) is 0 Å². The number of hydrogen-bond donors (Lipinski definition) is 1. The molecule has 0 aromatic heterocycles. The molecule has 0 heterocycles. The minimum Gasteiger partial charge on any atom is -0.311 e. The summed E-state index contributed by atoms with van der Waals surface area (Å²) in [7, 11) is 0. The van der Waals surface area contributed by atoms with Gasteiger partial charge in [0.25, 0.3) is 0 Å². The number of nitrogens with one attached hydrogen (secondary N) is 1. The van der Waals surface area contributed by atoms with Gasteiger partial charge in [-0.1, -0.05) is 37.6 Å². The Morgan fingerprint density at radius 2 is 1.94 bits per heavy atom. The summed E-state index contributed by atoms with van der Waals surface area (Å²) >= 11 is 5.97. The maximum absolute atomic E-state index is 5.97. The highest BCUT2D eigenvalue weighted by atomic mass is 35.5. The second kappa shape index (κ2) is 6.93. The van der Waals surface area contributed by atoms with Crippen LogP contribution in [0.2, 0.25) is 5.02 Å². The Hall–Kier alpha value is -0.530. The van der Waals surface area contributed by atoms with Crippen molar-refractivity contribution in [3.8, 4) is 0 Å².